The molecule has 20 heavy (non-hydrogen) atoms. The molecule has 0 aliphatic heterocycles. The molecule has 104 valence electrons. The lowest BCUT2D eigenvalue weighted by molar-refractivity contribution is 0.102. The van der Waals surface area contributed by atoms with Crippen molar-refractivity contribution in [3.05, 3.63) is 47.0 Å². The predicted octanol–water partition coefficient (Wildman–Crippen LogP) is 3.31. The van der Waals surface area contributed by atoms with Gasteiger partial charge in [-0.2, -0.15) is 0 Å². The van der Waals surface area contributed by atoms with Gasteiger partial charge in [-0.15, -0.1) is 0 Å². The average Bonchev–Trinajstić information content (AvgIpc) is 2.47. The van der Waals surface area contributed by atoms with Gasteiger partial charge in [0, 0.05) is 25.1 Å². The van der Waals surface area contributed by atoms with E-state index in [1.165, 1.54) is 0 Å². The van der Waals surface area contributed by atoms with Crippen LogP contribution in [0.2, 0.25) is 0 Å². The molecule has 2 rings (SSSR count). The van der Waals surface area contributed by atoms with Crippen molar-refractivity contribution in [2.75, 3.05) is 17.2 Å². The molecule has 2 N–H and O–H groups in total. The summed E-state index contributed by atoms with van der Waals surface area (Å²) >= 11 is 3.35. The van der Waals surface area contributed by atoms with Crippen molar-refractivity contribution in [2.45, 2.75) is 13.3 Å². The second-order valence-electron chi connectivity index (χ2n) is 4.16. The SMILES string of the molecule is CCCNc1cnccc1C(=O)Nc1ccncc1Br. The average molecular weight is 335 g/mol. The summed E-state index contributed by atoms with van der Waals surface area (Å²) in [6.45, 7) is 2.86. The van der Waals surface area contributed by atoms with E-state index < -0.39 is 0 Å². The third kappa shape index (κ3) is 3.54. The number of amides is 1. The molecule has 2 heterocycles. The van der Waals surface area contributed by atoms with Gasteiger partial charge in [-0.3, -0.25) is 14.8 Å². The number of nitrogens with zero attached hydrogens (tertiary/aromatic N) is 2. The Bertz CT molecular complexity index is 603. The molecule has 5 nitrogen and oxygen atoms in total. The second-order valence-corrected chi connectivity index (χ2v) is 5.01. The zero-order valence-electron chi connectivity index (χ0n) is 11.1. The van der Waals surface area contributed by atoms with Crippen LogP contribution < -0.4 is 10.6 Å². The van der Waals surface area contributed by atoms with Crippen molar-refractivity contribution >= 4 is 33.2 Å². The molecule has 0 radical (unpaired) electrons. The summed E-state index contributed by atoms with van der Waals surface area (Å²) in [6, 6.07) is 3.44. The fourth-order valence-corrected chi connectivity index (χ4v) is 2.01. The minimum Gasteiger partial charge on any atom is -0.383 e. The summed E-state index contributed by atoms with van der Waals surface area (Å²) in [5, 5.41) is 6.05. The van der Waals surface area contributed by atoms with Crippen molar-refractivity contribution in [3.63, 3.8) is 0 Å². The van der Waals surface area contributed by atoms with Crippen LogP contribution >= 0.6 is 15.9 Å². The molecule has 0 spiro atoms. The van der Waals surface area contributed by atoms with Gasteiger partial charge in [0.05, 0.1) is 27.6 Å². The van der Waals surface area contributed by atoms with Crippen LogP contribution in [0.15, 0.2) is 41.4 Å². The molecule has 0 bridgehead atoms. The number of carbonyl (C=O) groups is 1. The quantitative estimate of drug-likeness (QED) is 0.880. The number of pyridine rings is 2. The van der Waals surface area contributed by atoms with Crippen LogP contribution in [0, 0.1) is 0 Å². The van der Waals surface area contributed by atoms with Gasteiger partial charge in [-0.1, -0.05) is 6.92 Å². The van der Waals surface area contributed by atoms with E-state index in [1.807, 2.05) is 0 Å². The van der Waals surface area contributed by atoms with E-state index >= 15 is 0 Å². The summed E-state index contributed by atoms with van der Waals surface area (Å²) < 4.78 is 0.741. The zero-order valence-corrected chi connectivity index (χ0v) is 12.6. The minimum absolute atomic E-state index is 0.182. The van der Waals surface area contributed by atoms with Gasteiger partial charge in [-0.25, -0.2) is 0 Å². The van der Waals surface area contributed by atoms with Gasteiger partial charge in [0.1, 0.15) is 0 Å². The van der Waals surface area contributed by atoms with Gasteiger partial charge in [0.25, 0.3) is 5.91 Å². The maximum atomic E-state index is 12.3. The maximum Gasteiger partial charge on any atom is 0.257 e. The van der Waals surface area contributed by atoms with E-state index in [9.17, 15) is 4.79 Å². The van der Waals surface area contributed by atoms with E-state index in [0.29, 0.717) is 11.3 Å². The smallest absolute Gasteiger partial charge is 0.257 e. The first-order valence-electron chi connectivity index (χ1n) is 6.31. The molecule has 0 atom stereocenters. The summed E-state index contributed by atoms with van der Waals surface area (Å²) in [4.78, 5) is 20.3. The second kappa shape index (κ2) is 7.00. The van der Waals surface area contributed by atoms with E-state index in [1.54, 1.807) is 36.9 Å². The molecule has 0 aromatic carbocycles. The Balaban J connectivity index is 2.19. The molecular formula is C14H15BrN4O. The number of aromatic nitrogens is 2. The lowest BCUT2D eigenvalue weighted by atomic mass is 10.2. The summed E-state index contributed by atoms with van der Waals surface area (Å²) in [5.74, 6) is -0.182. The highest BCUT2D eigenvalue weighted by molar-refractivity contribution is 9.10. The molecule has 0 aliphatic rings. The molecule has 0 aliphatic carbocycles. The first-order valence-corrected chi connectivity index (χ1v) is 7.10. The summed E-state index contributed by atoms with van der Waals surface area (Å²) in [7, 11) is 0. The Kier molecular flexibility index (Phi) is 5.06. The number of rotatable bonds is 5. The number of carbonyl (C=O) groups excluding carboxylic acids is 1. The van der Waals surface area contributed by atoms with Gasteiger partial charge >= 0.3 is 0 Å². The Labute approximate surface area is 126 Å². The van der Waals surface area contributed by atoms with Crippen molar-refractivity contribution < 1.29 is 4.79 Å². The van der Waals surface area contributed by atoms with Gasteiger partial charge in [0.15, 0.2) is 0 Å². The van der Waals surface area contributed by atoms with Gasteiger partial charge < -0.3 is 10.6 Å². The van der Waals surface area contributed by atoms with Crippen molar-refractivity contribution in [1.82, 2.24) is 9.97 Å². The van der Waals surface area contributed by atoms with Crippen LogP contribution in [0.1, 0.15) is 23.7 Å². The number of anilines is 2. The fraction of sp³-hybridized carbons (Fsp3) is 0.214. The van der Waals surface area contributed by atoms with Crippen LogP contribution in [0.3, 0.4) is 0 Å². The predicted molar refractivity (Wildman–Crippen MR) is 82.9 cm³/mol. The van der Waals surface area contributed by atoms with Crippen LogP contribution in [-0.4, -0.2) is 22.4 Å². The number of halogens is 1. The fourth-order valence-electron chi connectivity index (χ4n) is 1.66. The molecule has 0 fully saturated rings. The summed E-state index contributed by atoms with van der Waals surface area (Å²) in [6.07, 6.45) is 7.51. The normalized spacial score (nSPS) is 10.1. The zero-order chi connectivity index (χ0) is 14.4. The molecular weight excluding hydrogens is 320 g/mol. The van der Waals surface area contributed by atoms with E-state index in [-0.39, 0.29) is 5.91 Å². The van der Waals surface area contributed by atoms with Crippen LogP contribution in [0.25, 0.3) is 0 Å². The molecule has 1 amide bonds. The highest BCUT2D eigenvalue weighted by Gasteiger charge is 2.12. The van der Waals surface area contributed by atoms with Crippen molar-refractivity contribution in [3.8, 4) is 0 Å². The number of hydrogen-bond acceptors (Lipinski definition) is 4. The first-order chi connectivity index (χ1) is 9.72. The Morgan fingerprint density at radius 3 is 2.70 bits per heavy atom. The molecule has 2 aromatic rings. The molecule has 0 saturated carbocycles. The first kappa shape index (κ1) is 14.5. The third-order valence-electron chi connectivity index (χ3n) is 2.65. The molecule has 6 heteroatoms. The van der Waals surface area contributed by atoms with Gasteiger partial charge in [-0.05, 0) is 34.5 Å². The monoisotopic (exact) mass is 334 g/mol. The van der Waals surface area contributed by atoms with E-state index in [4.69, 9.17) is 0 Å². The number of hydrogen-bond donors (Lipinski definition) is 2. The number of nitrogens with one attached hydrogen (secondary N) is 2. The Morgan fingerprint density at radius 1 is 1.20 bits per heavy atom. The minimum atomic E-state index is -0.182. The van der Waals surface area contributed by atoms with Crippen LogP contribution in [0.4, 0.5) is 11.4 Å². The molecule has 0 saturated heterocycles. The lowest BCUT2D eigenvalue weighted by Crippen LogP contribution is -2.15. The summed E-state index contributed by atoms with van der Waals surface area (Å²) in [5.41, 5.74) is 1.98. The highest BCUT2D eigenvalue weighted by atomic mass is 79.9. The van der Waals surface area contributed by atoms with E-state index in [0.717, 1.165) is 23.1 Å². The van der Waals surface area contributed by atoms with Crippen LogP contribution in [-0.2, 0) is 0 Å². The molecule has 0 unspecified atom stereocenters. The largest absolute Gasteiger partial charge is 0.383 e. The van der Waals surface area contributed by atoms with E-state index in [2.05, 4.69) is 43.5 Å². The van der Waals surface area contributed by atoms with Crippen LogP contribution in [0.5, 0.6) is 0 Å². The standard InChI is InChI=1S/C14H15BrN4O/c1-2-5-18-13-9-17-6-3-10(13)14(20)19-12-4-7-16-8-11(12)15/h3-4,6-9,18H,2,5H2,1H3,(H,16,19,20). The lowest BCUT2D eigenvalue weighted by Gasteiger charge is -2.11. The topological polar surface area (TPSA) is 66.9 Å². The third-order valence-corrected chi connectivity index (χ3v) is 3.28. The highest BCUT2D eigenvalue weighted by Crippen LogP contribution is 2.22. The maximum absolute atomic E-state index is 12.3. The molecule has 2 aromatic heterocycles. The van der Waals surface area contributed by atoms with Crippen molar-refractivity contribution in [1.29, 1.82) is 0 Å². The Hall–Kier alpha value is -1.95. The van der Waals surface area contributed by atoms with Crippen molar-refractivity contribution in [2.24, 2.45) is 0 Å². The van der Waals surface area contributed by atoms with Gasteiger partial charge in [0.2, 0.25) is 0 Å². The Morgan fingerprint density at radius 2 is 1.95 bits per heavy atom.